The van der Waals surface area contributed by atoms with Crippen molar-refractivity contribution in [2.45, 2.75) is 6.92 Å². The predicted molar refractivity (Wildman–Crippen MR) is 80.0 cm³/mol. The molecule has 0 aliphatic carbocycles. The van der Waals surface area contributed by atoms with Gasteiger partial charge in [-0.2, -0.15) is 0 Å². The Labute approximate surface area is 121 Å². The number of hydrogen-bond donors (Lipinski definition) is 2. The van der Waals surface area contributed by atoms with Crippen molar-refractivity contribution in [3.05, 3.63) is 57.6 Å². The van der Waals surface area contributed by atoms with Crippen LogP contribution in [-0.4, -0.2) is 5.91 Å². The highest BCUT2D eigenvalue weighted by atomic mass is 35.5. The lowest BCUT2D eigenvalue weighted by molar-refractivity contribution is 0.102. The summed E-state index contributed by atoms with van der Waals surface area (Å²) in [5, 5.41) is 3.65. The maximum absolute atomic E-state index is 12.1. The van der Waals surface area contributed by atoms with Crippen LogP contribution in [0.3, 0.4) is 0 Å². The highest BCUT2D eigenvalue weighted by molar-refractivity contribution is 6.34. The van der Waals surface area contributed by atoms with E-state index in [1.54, 1.807) is 24.3 Å². The number of nitrogens with one attached hydrogen (secondary N) is 1. The van der Waals surface area contributed by atoms with Crippen molar-refractivity contribution in [1.29, 1.82) is 0 Å². The van der Waals surface area contributed by atoms with Gasteiger partial charge in [0.25, 0.3) is 5.91 Å². The quantitative estimate of drug-likeness (QED) is 0.818. The fourth-order valence-corrected chi connectivity index (χ4v) is 2.09. The predicted octanol–water partition coefficient (Wildman–Crippen LogP) is 4.14. The highest BCUT2D eigenvalue weighted by Gasteiger charge is 2.12. The number of rotatable bonds is 2. The lowest BCUT2D eigenvalue weighted by atomic mass is 10.1. The van der Waals surface area contributed by atoms with Crippen LogP contribution in [0.2, 0.25) is 10.0 Å². The molecule has 0 aliphatic rings. The maximum atomic E-state index is 12.1. The van der Waals surface area contributed by atoms with Crippen molar-refractivity contribution in [2.75, 3.05) is 11.1 Å². The fraction of sp³-hybridized carbons (Fsp3) is 0.0714. The van der Waals surface area contributed by atoms with E-state index in [-0.39, 0.29) is 5.91 Å². The zero-order valence-electron chi connectivity index (χ0n) is 10.2. The molecule has 0 aliphatic heterocycles. The molecule has 3 N–H and O–H groups in total. The van der Waals surface area contributed by atoms with Crippen molar-refractivity contribution in [1.82, 2.24) is 0 Å². The Morgan fingerprint density at radius 3 is 2.58 bits per heavy atom. The molecule has 0 radical (unpaired) electrons. The lowest BCUT2D eigenvalue weighted by Gasteiger charge is -2.09. The van der Waals surface area contributed by atoms with Crippen LogP contribution in [0.15, 0.2) is 36.4 Å². The average Bonchev–Trinajstić information content (AvgIpc) is 2.35. The van der Waals surface area contributed by atoms with E-state index in [1.165, 1.54) is 6.07 Å². The molecule has 0 heterocycles. The Balaban J connectivity index is 2.28. The van der Waals surface area contributed by atoms with E-state index >= 15 is 0 Å². The summed E-state index contributed by atoms with van der Waals surface area (Å²) < 4.78 is 0. The average molecular weight is 295 g/mol. The van der Waals surface area contributed by atoms with Crippen LogP contribution >= 0.6 is 23.2 Å². The zero-order valence-corrected chi connectivity index (χ0v) is 11.7. The van der Waals surface area contributed by atoms with Gasteiger partial charge < -0.3 is 11.1 Å². The molecule has 0 unspecified atom stereocenters. The summed E-state index contributed by atoms with van der Waals surface area (Å²) in [5.74, 6) is -0.342. The largest absolute Gasteiger partial charge is 0.398 e. The molecule has 2 rings (SSSR count). The fourth-order valence-electron chi connectivity index (χ4n) is 1.64. The standard InChI is InChI=1S/C14H12Cl2N2O/c1-8-2-5-13(11(16)6-8)18-14(19)10-7-9(15)3-4-12(10)17/h2-7H,17H2,1H3,(H,18,19). The second kappa shape index (κ2) is 5.51. The number of aryl methyl sites for hydroxylation is 1. The number of nitrogen functional groups attached to an aromatic ring is 1. The van der Waals surface area contributed by atoms with Crippen molar-refractivity contribution < 1.29 is 4.79 Å². The molecule has 98 valence electrons. The molecule has 0 spiro atoms. The molecular formula is C14H12Cl2N2O. The van der Waals surface area contributed by atoms with Gasteiger partial charge in [0.2, 0.25) is 0 Å². The highest BCUT2D eigenvalue weighted by Crippen LogP contribution is 2.25. The zero-order chi connectivity index (χ0) is 14.0. The molecule has 0 atom stereocenters. The van der Waals surface area contributed by atoms with Crippen molar-refractivity contribution in [3.63, 3.8) is 0 Å². The molecule has 19 heavy (non-hydrogen) atoms. The van der Waals surface area contributed by atoms with E-state index in [0.29, 0.717) is 27.0 Å². The summed E-state index contributed by atoms with van der Waals surface area (Å²) in [4.78, 5) is 12.1. The summed E-state index contributed by atoms with van der Waals surface area (Å²) >= 11 is 11.9. The number of halogens is 2. The Morgan fingerprint density at radius 1 is 1.16 bits per heavy atom. The third-order valence-corrected chi connectivity index (χ3v) is 3.18. The minimum absolute atomic E-state index is 0.323. The third kappa shape index (κ3) is 3.19. The molecule has 5 heteroatoms. The molecular weight excluding hydrogens is 283 g/mol. The topological polar surface area (TPSA) is 55.1 Å². The molecule has 0 saturated carbocycles. The molecule has 0 fully saturated rings. The van der Waals surface area contributed by atoms with Gasteiger partial charge in [0, 0.05) is 10.7 Å². The monoisotopic (exact) mass is 294 g/mol. The molecule has 0 aromatic heterocycles. The van der Waals surface area contributed by atoms with Gasteiger partial charge in [-0.05, 0) is 42.8 Å². The Kier molecular flexibility index (Phi) is 3.98. The molecule has 2 aromatic carbocycles. The minimum Gasteiger partial charge on any atom is -0.398 e. The normalized spacial score (nSPS) is 10.3. The summed E-state index contributed by atoms with van der Waals surface area (Å²) in [5.41, 5.74) is 8.00. The SMILES string of the molecule is Cc1ccc(NC(=O)c2cc(Cl)ccc2N)c(Cl)c1. The number of nitrogens with two attached hydrogens (primary N) is 1. The van der Waals surface area contributed by atoms with Crippen LogP contribution in [0, 0.1) is 6.92 Å². The molecule has 3 nitrogen and oxygen atoms in total. The Hall–Kier alpha value is -1.71. The van der Waals surface area contributed by atoms with Gasteiger partial charge in [0.05, 0.1) is 16.3 Å². The van der Waals surface area contributed by atoms with E-state index in [2.05, 4.69) is 5.32 Å². The smallest absolute Gasteiger partial charge is 0.257 e. The van der Waals surface area contributed by atoms with Gasteiger partial charge in [0.15, 0.2) is 0 Å². The van der Waals surface area contributed by atoms with Crippen LogP contribution in [0.5, 0.6) is 0 Å². The van der Waals surface area contributed by atoms with E-state index in [9.17, 15) is 4.79 Å². The van der Waals surface area contributed by atoms with Gasteiger partial charge in [-0.1, -0.05) is 29.3 Å². The first kappa shape index (κ1) is 13.7. The maximum Gasteiger partial charge on any atom is 0.257 e. The van der Waals surface area contributed by atoms with Crippen LogP contribution < -0.4 is 11.1 Å². The van der Waals surface area contributed by atoms with Gasteiger partial charge >= 0.3 is 0 Å². The Morgan fingerprint density at radius 2 is 1.89 bits per heavy atom. The first-order chi connectivity index (χ1) is 8.97. The summed E-state index contributed by atoms with van der Waals surface area (Å²) in [6.07, 6.45) is 0. The summed E-state index contributed by atoms with van der Waals surface area (Å²) in [6.45, 7) is 1.92. The van der Waals surface area contributed by atoms with Gasteiger partial charge in [0.1, 0.15) is 0 Å². The number of amides is 1. The van der Waals surface area contributed by atoms with E-state index in [0.717, 1.165) is 5.56 Å². The van der Waals surface area contributed by atoms with Crippen molar-refractivity contribution in [3.8, 4) is 0 Å². The van der Waals surface area contributed by atoms with E-state index in [4.69, 9.17) is 28.9 Å². The number of anilines is 2. The van der Waals surface area contributed by atoms with Crippen LogP contribution in [0.1, 0.15) is 15.9 Å². The van der Waals surface area contributed by atoms with Crippen LogP contribution in [0.25, 0.3) is 0 Å². The second-order valence-corrected chi connectivity index (χ2v) is 5.01. The number of carbonyl (C=O) groups is 1. The van der Waals surface area contributed by atoms with Gasteiger partial charge in [-0.3, -0.25) is 4.79 Å². The van der Waals surface area contributed by atoms with Gasteiger partial charge in [-0.25, -0.2) is 0 Å². The number of hydrogen-bond acceptors (Lipinski definition) is 2. The third-order valence-electron chi connectivity index (χ3n) is 2.63. The molecule has 2 aromatic rings. The van der Waals surface area contributed by atoms with Gasteiger partial charge in [-0.15, -0.1) is 0 Å². The second-order valence-electron chi connectivity index (χ2n) is 4.17. The van der Waals surface area contributed by atoms with Crippen LogP contribution in [-0.2, 0) is 0 Å². The summed E-state index contributed by atoms with van der Waals surface area (Å²) in [6, 6.07) is 10.1. The van der Waals surface area contributed by atoms with E-state index in [1.807, 2.05) is 13.0 Å². The lowest BCUT2D eigenvalue weighted by Crippen LogP contribution is -2.14. The molecule has 1 amide bonds. The van der Waals surface area contributed by atoms with Crippen LogP contribution in [0.4, 0.5) is 11.4 Å². The first-order valence-electron chi connectivity index (χ1n) is 5.60. The number of benzene rings is 2. The van der Waals surface area contributed by atoms with E-state index < -0.39 is 0 Å². The minimum atomic E-state index is -0.342. The van der Waals surface area contributed by atoms with Crippen molar-refractivity contribution in [2.24, 2.45) is 0 Å². The molecule has 0 bridgehead atoms. The Bertz CT molecular complexity index is 641. The summed E-state index contributed by atoms with van der Waals surface area (Å²) in [7, 11) is 0. The molecule has 0 saturated heterocycles. The van der Waals surface area contributed by atoms with Crippen molar-refractivity contribution >= 4 is 40.5 Å². The number of carbonyl (C=O) groups excluding carboxylic acids is 1. The first-order valence-corrected chi connectivity index (χ1v) is 6.35.